The molecule has 3 aliphatic rings. The molecule has 2 heterocycles. The zero-order valence-corrected chi connectivity index (χ0v) is 13.0. The number of nitrogens with zero attached hydrogens (tertiary/aromatic N) is 1. The summed E-state index contributed by atoms with van der Waals surface area (Å²) in [5.74, 6) is -5.45. The van der Waals surface area contributed by atoms with E-state index in [2.05, 4.69) is 5.32 Å². The third kappa shape index (κ3) is 1.81. The highest BCUT2D eigenvalue weighted by molar-refractivity contribution is 6.07. The van der Waals surface area contributed by atoms with E-state index in [0.717, 1.165) is 10.5 Å². The Kier molecular flexibility index (Phi) is 3.07. The second-order valence-electron chi connectivity index (χ2n) is 7.02. The standard InChI is InChI=1S/C17H18F2N2O3/c18-17(19,16(24)6-3-7-16)14(23)21-9-8-15(10-21)11-4-1-2-5-12(11)20-13(15)22/h1-2,4-5,24H,3,6-10H2,(H,20,22). The molecule has 5 nitrogen and oxygen atoms in total. The highest BCUT2D eigenvalue weighted by atomic mass is 19.3. The molecule has 2 N–H and O–H groups in total. The first kappa shape index (κ1) is 15.5. The fraction of sp³-hybridized carbons (Fsp3) is 0.529. The summed E-state index contributed by atoms with van der Waals surface area (Å²) in [5.41, 5.74) is -1.79. The first-order chi connectivity index (χ1) is 11.3. The fourth-order valence-electron chi connectivity index (χ4n) is 3.99. The van der Waals surface area contributed by atoms with Gasteiger partial charge in [0.2, 0.25) is 5.91 Å². The van der Waals surface area contributed by atoms with Crippen LogP contribution in [0.1, 0.15) is 31.2 Å². The number of benzene rings is 1. The van der Waals surface area contributed by atoms with Gasteiger partial charge in [-0.05, 0) is 37.3 Å². The molecule has 7 heteroatoms. The summed E-state index contributed by atoms with van der Waals surface area (Å²) in [7, 11) is 0. The van der Waals surface area contributed by atoms with Crippen molar-refractivity contribution >= 4 is 17.5 Å². The highest BCUT2D eigenvalue weighted by Crippen LogP contribution is 2.48. The molecule has 0 bridgehead atoms. The molecule has 2 aliphatic heterocycles. The molecule has 0 radical (unpaired) electrons. The van der Waals surface area contributed by atoms with E-state index in [0.29, 0.717) is 18.5 Å². The van der Waals surface area contributed by atoms with Crippen LogP contribution in [0.4, 0.5) is 14.5 Å². The van der Waals surface area contributed by atoms with Crippen molar-refractivity contribution in [2.24, 2.45) is 0 Å². The molecule has 1 aliphatic carbocycles. The minimum Gasteiger partial charge on any atom is -0.383 e. The molecule has 24 heavy (non-hydrogen) atoms. The van der Waals surface area contributed by atoms with Gasteiger partial charge < -0.3 is 15.3 Å². The number of carbonyl (C=O) groups excluding carboxylic acids is 2. The molecule has 1 atom stereocenters. The highest BCUT2D eigenvalue weighted by Gasteiger charge is 2.64. The van der Waals surface area contributed by atoms with Crippen molar-refractivity contribution in [1.82, 2.24) is 4.90 Å². The van der Waals surface area contributed by atoms with Crippen molar-refractivity contribution in [2.75, 3.05) is 18.4 Å². The number of hydrogen-bond acceptors (Lipinski definition) is 3. The lowest BCUT2D eigenvalue weighted by Crippen LogP contribution is -2.61. The number of para-hydroxylation sites is 1. The number of fused-ring (bicyclic) bond motifs is 2. The van der Waals surface area contributed by atoms with Crippen molar-refractivity contribution in [3.63, 3.8) is 0 Å². The number of amides is 2. The number of halogens is 2. The fourth-order valence-corrected chi connectivity index (χ4v) is 3.99. The Balaban J connectivity index is 1.61. The maximum Gasteiger partial charge on any atom is 0.352 e. The molecule has 1 saturated carbocycles. The van der Waals surface area contributed by atoms with Gasteiger partial charge in [-0.1, -0.05) is 18.2 Å². The van der Waals surface area contributed by atoms with Crippen LogP contribution in [0.3, 0.4) is 0 Å². The van der Waals surface area contributed by atoms with Gasteiger partial charge in [-0.3, -0.25) is 9.59 Å². The van der Waals surface area contributed by atoms with Crippen molar-refractivity contribution < 1.29 is 23.5 Å². The Morgan fingerprint density at radius 1 is 1.25 bits per heavy atom. The lowest BCUT2D eigenvalue weighted by molar-refractivity contribution is -0.222. The molecule has 128 valence electrons. The maximum atomic E-state index is 14.4. The SMILES string of the molecule is O=C1Nc2ccccc2C12CCN(C(=O)C(F)(F)C1(O)CCC1)C2. The van der Waals surface area contributed by atoms with E-state index in [-0.39, 0.29) is 31.8 Å². The number of aliphatic hydroxyl groups is 1. The third-order valence-electron chi connectivity index (χ3n) is 5.72. The van der Waals surface area contributed by atoms with E-state index < -0.39 is 22.8 Å². The molecular weight excluding hydrogens is 318 g/mol. The van der Waals surface area contributed by atoms with Gasteiger partial charge in [-0.15, -0.1) is 0 Å². The second-order valence-corrected chi connectivity index (χ2v) is 7.02. The number of hydrogen-bond donors (Lipinski definition) is 2. The molecule has 4 rings (SSSR count). The summed E-state index contributed by atoms with van der Waals surface area (Å²) in [6.07, 6.45) is 0.636. The van der Waals surface area contributed by atoms with Crippen LogP contribution in [0.15, 0.2) is 24.3 Å². The third-order valence-corrected chi connectivity index (χ3v) is 5.72. The van der Waals surface area contributed by atoms with E-state index in [1.54, 1.807) is 24.3 Å². The maximum absolute atomic E-state index is 14.4. The Hall–Kier alpha value is -2.02. The number of carbonyl (C=O) groups is 2. The summed E-state index contributed by atoms with van der Waals surface area (Å²) < 4.78 is 28.9. The van der Waals surface area contributed by atoms with Gasteiger partial charge in [0, 0.05) is 18.8 Å². The van der Waals surface area contributed by atoms with E-state index in [1.165, 1.54) is 0 Å². The molecule has 0 aromatic heterocycles. The van der Waals surface area contributed by atoms with Crippen LogP contribution in [0, 0.1) is 0 Å². The first-order valence-electron chi connectivity index (χ1n) is 8.11. The summed E-state index contributed by atoms with van der Waals surface area (Å²) in [6, 6.07) is 7.13. The quantitative estimate of drug-likeness (QED) is 0.863. The molecule has 1 aromatic carbocycles. The molecule has 1 spiro atoms. The number of nitrogens with one attached hydrogen (secondary N) is 1. The Morgan fingerprint density at radius 2 is 1.96 bits per heavy atom. The predicted molar refractivity (Wildman–Crippen MR) is 81.7 cm³/mol. The molecule has 2 amide bonds. The van der Waals surface area contributed by atoms with Gasteiger partial charge in [0.15, 0.2) is 0 Å². The second kappa shape index (κ2) is 4.75. The minimum absolute atomic E-state index is 0.0754. The van der Waals surface area contributed by atoms with Gasteiger partial charge in [0.1, 0.15) is 5.60 Å². The molecule has 1 saturated heterocycles. The average molecular weight is 336 g/mol. The Morgan fingerprint density at radius 3 is 2.62 bits per heavy atom. The van der Waals surface area contributed by atoms with Gasteiger partial charge >= 0.3 is 5.92 Å². The molecular formula is C17H18F2N2O3. The Labute approximate surface area is 137 Å². The number of likely N-dealkylation sites (tertiary alicyclic amines) is 1. The zero-order chi connectivity index (χ0) is 17.2. The van der Waals surface area contributed by atoms with Crippen LogP contribution >= 0.6 is 0 Å². The van der Waals surface area contributed by atoms with Gasteiger partial charge in [0.05, 0.1) is 5.41 Å². The van der Waals surface area contributed by atoms with E-state index in [1.807, 2.05) is 0 Å². The normalized spacial score (nSPS) is 27.8. The predicted octanol–water partition coefficient (Wildman–Crippen LogP) is 1.66. The van der Waals surface area contributed by atoms with Crippen molar-refractivity contribution in [3.05, 3.63) is 29.8 Å². The zero-order valence-electron chi connectivity index (χ0n) is 13.0. The number of rotatable bonds is 2. The van der Waals surface area contributed by atoms with Crippen molar-refractivity contribution in [3.8, 4) is 0 Å². The van der Waals surface area contributed by atoms with Gasteiger partial charge in [-0.2, -0.15) is 8.78 Å². The van der Waals surface area contributed by atoms with E-state index in [4.69, 9.17) is 0 Å². The van der Waals surface area contributed by atoms with Crippen LogP contribution < -0.4 is 5.32 Å². The van der Waals surface area contributed by atoms with Crippen molar-refractivity contribution in [1.29, 1.82) is 0 Å². The molecule has 1 aromatic rings. The van der Waals surface area contributed by atoms with Gasteiger partial charge in [-0.25, -0.2) is 0 Å². The van der Waals surface area contributed by atoms with Crippen LogP contribution in [0.25, 0.3) is 0 Å². The molecule has 1 unspecified atom stereocenters. The summed E-state index contributed by atoms with van der Waals surface area (Å²) in [6.45, 7) is -0.00733. The van der Waals surface area contributed by atoms with E-state index >= 15 is 0 Å². The largest absolute Gasteiger partial charge is 0.383 e. The number of alkyl halides is 2. The van der Waals surface area contributed by atoms with Crippen LogP contribution in [-0.2, 0) is 15.0 Å². The van der Waals surface area contributed by atoms with Crippen LogP contribution in [0.5, 0.6) is 0 Å². The summed E-state index contributed by atoms with van der Waals surface area (Å²) in [4.78, 5) is 25.8. The first-order valence-corrected chi connectivity index (χ1v) is 8.11. The average Bonchev–Trinajstić information content (AvgIpc) is 3.08. The summed E-state index contributed by atoms with van der Waals surface area (Å²) in [5, 5.41) is 12.7. The lowest BCUT2D eigenvalue weighted by atomic mass is 9.75. The van der Waals surface area contributed by atoms with Gasteiger partial charge in [0.25, 0.3) is 5.91 Å². The smallest absolute Gasteiger partial charge is 0.352 e. The Bertz CT molecular complexity index is 732. The lowest BCUT2D eigenvalue weighted by Gasteiger charge is -2.42. The van der Waals surface area contributed by atoms with E-state index in [9.17, 15) is 23.5 Å². The summed E-state index contributed by atoms with van der Waals surface area (Å²) >= 11 is 0. The van der Waals surface area contributed by atoms with Crippen molar-refractivity contribution in [2.45, 2.75) is 42.6 Å². The van der Waals surface area contributed by atoms with Crippen LogP contribution in [-0.4, -0.2) is 46.4 Å². The monoisotopic (exact) mass is 336 g/mol. The van der Waals surface area contributed by atoms with Crippen LogP contribution in [0.2, 0.25) is 0 Å². The topological polar surface area (TPSA) is 69.6 Å². The number of anilines is 1. The molecule has 2 fully saturated rings. The minimum atomic E-state index is -3.81.